The Bertz CT molecular complexity index is 1070. The van der Waals surface area contributed by atoms with Gasteiger partial charge in [0.05, 0.1) is 12.8 Å². The van der Waals surface area contributed by atoms with E-state index >= 15 is 0 Å². The van der Waals surface area contributed by atoms with Gasteiger partial charge in [0.2, 0.25) is 11.8 Å². The van der Waals surface area contributed by atoms with E-state index in [0.717, 1.165) is 20.6 Å². The van der Waals surface area contributed by atoms with Gasteiger partial charge in [0.25, 0.3) is 0 Å². The summed E-state index contributed by atoms with van der Waals surface area (Å²) in [6, 6.07) is 14.7. The van der Waals surface area contributed by atoms with Crippen LogP contribution in [0.4, 0.5) is 5.69 Å². The Morgan fingerprint density at radius 1 is 1.00 bits per heavy atom. The van der Waals surface area contributed by atoms with Crippen molar-refractivity contribution in [3.05, 3.63) is 60.2 Å². The summed E-state index contributed by atoms with van der Waals surface area (Å²) in [6.45, 7) is 5.16. The van der Waals surface area contributed by atoms with Crippen LogP contribution in [0.5, 0.6) is 5.75 Å². The second kappa shape index (κ2) is 12.6. The van der Waals surface area contributed by atoms with Crippen LogP contribution in [0.25, 0.3) is 0 Å². The number of ether oxygens (including phenoxy) is 1. The molecule has 1 N–H and O–H groups in total. The fourth-order valence-electron chi connectivity index (χ4n) is 3.29. The molecule has 2 rings (SSSR count). The van der Waals surface area contributed by atoms with Crippen molar-refractivity contribution in [2.75, 3.05) is 32.1 Å². The van der Waals surface area contributed by atoms with Crippen LogP contribution in [0.3, 0.4) is 0 Å². The number of nitrogens with zero attached hydrogens (tertiary/aromatic N) is 3. The molecule has 0 saturated heterocycles. The smallest absolute Gasteiger partial charge is 0.304 e. The third-order valence-corrected chi connectivity index (χ3v) is 7.56. The van der Waals surface area contributed by atoms with E-state index in [1.54, 1.807) is 56.5 Å². The van der Waals surface area contributed by atoms with E-state index in [4.69, 9.17) is 4.74 Å². The van der Waals surface area contributed by atoms with Gasteiger partial charge < -0.3 is 15.0 Å². The Kier molecular flexibility index (Phi) is 10.1. The van der Waals surface area contributed by atoms with Crippen LogP contribution in [-0.4, -0.2) is 69.3 Å². The van der Waals surface area contributed by atoms with Crippen LogP contribution in [0.2, 0.25) is 0 Å². The molecule has 0 bridgehead atoms. The molecule has 0 aromatic heterocycles. The Labute approximate surface area is 208 Å². The van der Waals surface area contributed by atoms with Gasteiger partial charge in [-0.05, 0) is 50.1 Å². The van der Waals surface area contributed by atoms with Crippen molar-refractivity contribution in [1.29, 1.82) is 0 Å². The Morgan fingerprint density at radius 3 is 2.11 bits per heavy atom. The molecule has 9 nitrogen and oxygen atoms in total. The predicted molar refractivity (Wildman–Crippen MR) is 137 cm³/mol. The first-order valence-corrected chi connectivity index (χ1v) is 12.9. The Hall–Kier alpha value is -3.11. The lowest BCUT2D eigenvalue weighted by Gasteiger charge is -2.33. The zero-order valence-electron chi connectivity index (χ0n) is 21.3. The van der Waals surface area contributed by atoms with Crippen molar-refractivity contribution in [3.8, 4) is 5.75 Å². The predicted octanol–water partition coefficient (Wildman–Crippen LogP) is 2.64. The minimum Gasteiger partial charge on any atom is -0.497 e. The number of benzene rings is 2. The lowest BCUT2D eigenvalue weighted by molar-refractivity contribution is -0.139. The van der Waals surface area contributed by atoms with E-state index in [2.05, 4.69) is 5.32 Å². The number of methoxy groups -OCH3 is 1. The molecule has 0 unspecified atom stereocenters. The van der Waals surface area contributed by atoms with Gasteiger partial charge in [-0.15, -0.1) is 0 Å². The first-order chi connectivity index (χ1) is 16.5. The summed E-state index contributed by atoms with van der Waals surface area (Å²) >= 11 is 0. The molecule has 10 heteroatoms. The molecule has 0 radical (unpaired) electrons. The van der Waals surface area contributed by atoms with Gasteiger partial charge in [0, 0.05) is 26.7 Å². The molecule has 0 aliphatic carbocycles. The monoisotopic (exact) mass is 504 g/mol. The van der Waals surface area contributed by atoms with Gasteiger partial charge in [0.1, 0.15) is 18.3 Å². The van der Waals surface area contributed by atoms with Crippen molar-refractivity contribution in [2.45, 2.75) is 45.8 Å². The molecule has 0 aliphatic heterocycles. The number of nitrogens with one attached hydrogen (secondary N) is 1. The van der Waals surface area contributed by atoms with Crippen LogP contribution >= 0.6 is 0 Å². The number of rotatable bonds is 12. The van der Waals surface area contributed by atoms with Gasteiger partial charge in [-0.25, -0.2) is 4.31 Å². The summed E-state index contributed by atoms with van der Waals surface area (Å²) in [6.07, 6.45) is 0.744. The second-order valence-electron chi connectivity index (χ2n) is 8.50. The van der Waals surface area contributed by atoms with Crippen LogP contribution in [0.15, 0.2) is 54.6 Å². The van der Waals surface area contributed by atoms with E-state index in [9.17, 15) is 18.0 Å². The summed E-state index contributed by atoms with van der Waals surface area (Å²) in [5.74, 6) is -0.133. The first-order valence-electron chi connectivity index (χ1n) is 11.5. The molecule has 192 valence electrons. The van der Waals surface area contributed by atoms with Crippen LogP contribution in [0.1, 0.15) is 32.8 Å². The molecule has 35 heavy (non-hydrogen) atoms. The normalized spacial score (nSPS) is 13.1. The molecule has 2 aromatic carbocycles. The zero-order valence-corrected chi connectivity index (χ0v) is 22.1. The van der Waals surface area contributed by atoms with E-state index in [1.165, 1.54) is 19.0 Å². The molecular formula is C25H36N4O5S. The molecule has 2 aromatic rings. The highest BCUT2D eigenvalue weighted by Gasteiger charge is 2.32. The minimum atomic E-state index is -3.97. The van der Waals surface area contributed by atoms with E-state index < -0.39 is 28.7 Å². The largest absolute Gasteiger partial charge is 0.497 e. The number of carbonyl (C=O) groups excluding carboxylic acids is 2. The van der Waals surface area contributed by atoms with Crippen LogP contribution < -0.4 is 14.4 Å². The summed E-state index contributed by atoms with van der Waals surface area (Å²) in [7, 11) is 0.415. The zero-order chi connectivity index (χ0) is 26.2. The number of hydrogen-bond donors (Lipinski definition) is 1. The van der Waals surface area contributed by atoms with E-state index in [0.29, 0.717) is 11.4 Å². The highest BCUT2D eigenvalue weighted by atomic mass is 32.2. The fourth-order valence-corrected chi connectivity index (χ4v) is 4.34. The number of amides is 2. The highest BCUT2D eigenvalue weighted by molar-refractivity contribution is 7.90. The molecule has 2 amide bonds. The van der Waals surface area contributed by atoms with Crippen LogP contribution in [-0.2, 0) is 26.3 Å². The minimum absolute atomic E-state index is 0.0576. The highest BCUT2D eigenvalue weighted by Crippen LogP contribution is 2.21. The van der Waals surface area contributed by atoms with E-state index in [-0.39, 0.29) is 18.5 Å². The van der Waals surface area contributed by atoms with Gasteiger partial charge in [-0.1, -0.05) is 37.3 Å². The lowest BCUT2D eigenvalue weighted by atomic mass is 10.1. The third kappa shape index (κ3) is 7.43. The number of carbonyl (C=O) groups is 2. The van der Waals surface area contributed by atoms with Gasteiger partial charge in [-0.2, -0.15) is 12.7 Å². The molecule has 0 heterocycles. The standard InChI is InChI=1S/C25H36N4O5S/c1-7-19(2)26-25(31)20(3)28(17-21-13-15-23(34-6)16-14-21)24(30)18-29(35(32,33)27(4)5)22-11-9-8-10-12-22/h8-16,19-20H,7,17-18H2,1-6H3,(H,26,31)/t19-,20-/m1/s1. The van der Waals surface area contributed by atoms with Gasteiger partial charge >= 0.3 is 10.2 Å². The second-order valence-corrected chi connectivity index (χ2v) is 10.6. The SMILES string of the molecule is CC[C@@H](C)NC(=O)[C@@H](C)N(Cc1ccc(OC)cc1)C(=O)CN(c1ccccc1)S(=O)(=O)N(C)C. The molecule has 0 fully saturated rings. The maximum atomic E-state index is 13.6. The maximum Gasteiger partial charge on any atom is 0.304 e. The van der Waals surface area contributed by atoms with Crippen molar-refractivity contribution in [1.82, 2.24) is 14.5 Å². The summed E-state index contributed by atoms with van der Waals surface area (Å²) in [4.78, 5) is 28.0. The molecule has 0 saturated carbocycles. The van der Waals surface area contributed by atoms with Crippen molar-refractivity contribution in [2.24, 2.45) is 0 Å². The Morgan fingerprint density at radius 2 is 1.60 bits per heavy atom. The Balaban J connectivity index is 2.41. The molecule has 2 atom stereocenters. The summed E-state index contributed by atoms with van der Waals surface area (Å²) < 4.78 is 33.5. The molecular weight excluding hydrogens is 468 g/mol. The van der Waals surface area contributed by atoms with Crippen LogP contribution in [0, 0.1) is 0 Å². The summed E-state index contributed by atoms with van der Waals surface area (Å²) in [5, 5.41) is 2.91. The average Bonchev–Trinajstić information content (AvgIpc) is 2.85. The average molecular weight is 505 g/mol. The number of anilines is 1. The van der Waals surface area contributed by atoms with Gasteiger partial charge in [0.15, 0.2) is 0 Å². The van der Waals surface area contributed by atoms with Gasteiger partial charge in [-0.3, -0.25) is 9.59 Å². The van der Waals surface area contributed by atoms with Crippen molar-refractivity contribution >= 4 is 27.7 Å². The lowest BCUT2D eigenvalue weighted by Crippen LogP contribution is -2.53. The number of para-hydroxylation sites is 1. The first kappa shape index (κ1) is 28.1. The maximum absolute atomic E-state index is 13.6. The summed E-state index contributed by atoms with van der Waals surface area (Å²) in [5.41, 5.74) is 1.14. The quantitative estimate of drug-likeness (QED) is 0.479. The fraction of sp³-hybridized carbons (Fsp3) is 0.440. The van der Waals surface area contributed by atoms with Crippen molar-refractivity contribution < 1.29 is 22.7 Å². The third-order valence-electron chi connectivity index (χ3n) is 5.74. The molecule has 0 aliphatic rings. The van der Waals surface area contributed by atoms with Crippen molar-refractivity contribution in [3.63, 3.8) is 0 Å². The molecule has 0 spiro atoms. The topological polar surface area (TPSA) is 99.3 Å². The van der Waals surface area contributed by atoms with E-state index in [1.807, 2.05) is 26.0 Å². The number of hydrogen-bond acceptors (Lipinski definition) is 5.